The maximum atomic E-state index is 13.8. The zero-order chi connectivity index (χ0) is 26.0. The van der Waals surface area contributed by atoms with E-state index in [-0.39, 0.29) is 33.5 Å². The average Bonchev–Trinajstić information content (AvgIpc) is 3.51. The first kappa shape index (κ1) is 24.8. The third-order valence-electron chi connectivity index (χ3n) is 7.20. The highest BCUT2D eigenvalue weighted by Gasteiger charge is 2.63. The number of benzene rings is 2. The first-order chi connectivity index (χ1) is 16.9. The molecule has 2 saturated carbocycles. The smallest absolute Gasteiger partial charge is 0.255 e. The van der Waals surface area contributed by atoms with E-state index >= 15 is 0 Å². The molecule has 2 fully saturated rings. The van der Waals surface area contributed by atoms with Gasteiger partial charge in [0.2, 0.25) is 0 Å². The minimum atomic E-state index is -4.11. The van der Waals surface area contributed by atoms with E-state index in [0.717, 1.165) is 6.07 Å². The van der Waals surface area contributed by atoms with Crippen LogP contribution in [0.1, 0.15) is 35.4 Å². The van der Waals surface area contributed by atoms with Crippen LogP contribution in [-0.2, 0) is 22.5 Å². The number of hydrogen-bond donors (Lipinski definition) is 2. The Labute approximate surface area is 209 Å². The Kier molecular flexibility index (Phi) is 5.92. The van der Waals surface area contributed by atoms with Gasteiger partial charge in [-0.25, -0.2) is 26.6 Å². The fourth-order valence-electron chi connectivity index (χ4n) is 5.68. The lowest BCUT2D eigenvalue weighted by Gasteiger charge is -2.32. The molecule has 0 radical (unpaired) electrons. The van der Waals surface area contributed by atoms with Gasteiger partial charge in [0, 0.05) is 48.7 Å². The number of fused-ring (bicyclic) bond motifs is 2. The molecule has 2 aliphatic rings. The maximum Gasteiger partial charge on any atom is 0.255 e. The van der Waals surface area contributed by atoms with Crippen LogP contribution in [0.15, 0.2) is 47.6 Å². The Morgan fingerprint density at radius 1 is 1.19 bits per heavy atom. The van der Waals surface area contributed by atoms with E-state index in [1.54, 1.807) is 24.0 Å². The van der Waals surface area contributed by atoms with Crippen LogP contribution in [0.3, 0.4) is 0 Å². The molecular formula is C24H21ClF3N3O4S. The van der Waals surface area contributed by atoms with Crippen molar-refractivity contribution in [3.63, 3.8) is 0 Å². The number of amides is 1. The Morgan fingerprint density at radius 2 is 1.89 bits per heavy atom. The van der Waals surface area contributed by atoms with Crippen molar-refractivity contribution >= 4 is 33.0 Å². The SMILES string of the molecule is Cn1ccnc1[C@@]1(O)CC2CCC1[C@@H]2S(=O)(=O)c1cc(C(=O)Nc2cc(F)c(F)c(F)c2)ccc1Cl. The van der Waals surface area contributed by atoms with Crippen molar-refractivity contribution in [1.29, 1.82) is 0 Å². The fourth-order valence-corrected chi connectivity index (χ4v) is 8.58. The lowest BCUT2D eigenvalue weighted by molar-refractivity contribution is -0.0282. The zero-order valence-electron chi connectivity index (χ0n) is 18.9. The van der Waals surface area contributed by atoms with E-state index in [2.05, 4.69) is 10.3 Å². The van der Waals surface area contributed by atoms with Gasteiger partial charge in [0.15, 0.2) is 27.3 Å². The van der Waals surface area contributed by atoms with Gasteiger partial charge in [0.1, 0.15) is 11.4 Å². The molecule has 190 valence electrons. The number of nitrogens with zero attached hydrogens (tertiary/aromatic N) is 2. The number of imidazole rings is 1. The molecular weight excluding hydrogens is 519 g/mol. The molecule has 2 aromatic carbocycles. The number of rotatable bonds is 5. The second-order valence-electron chi connectivity index (χ2n) is 9.30. The number of aromatic nitrogens is 2. The van der Waals surface area contributed by atoms with Crippen molar-refractivity contribution in [2.75, 3.05) is 5.32 Å². The number of anilines is 1. The van der Waals surface area contributed by atoms with Crippen LogP contribution >= 0.6 is 11.6 Å². The predicted octanol–water partition coefficient (Wildman–Crippen LogP) is 4.20. The molecule has 0 saturated heterocycles. The van der Waals surface area contributed by atoms with Gasteiger partial charge in [-0.2, -0.15) is 0 Å². The number of nitrogens with one attached hydrogen (secondary N) is 1. The van der Waals surface area contributed by atoms with Crippen LogP contribution in [0.4, 0.5) is 18.9 Å². The van der Waals surface area contributed by atoms with Crippen molar-refractivity contribution in [2.24, 2.45) is 18.9 Å². The molecule has 12 heteroatoms. The molecule has 2 bridgehead atoms. The summed E-state index contributed by atoms with van der Waals surface area (Å²) in [5.74, 6) is -6.07. The molecule has 0 spiro atoms. The predicted molar refractivity (Wildman–Crippen MR) is 125 cm³/mol. The topological polar surface area (TPSA) is 101 Å². The summed E-state index contributed by atoms with van der Waals surface area (Å²) < 4.78 is 69.6. The highest BCUT2D eigenvalue weighted by atomic mass is 35.5. The van der Waals surface area contributed by atoms with Crippen molar-refractivity contribution in [1.82, 2.24) is 9.55 Å². The van der Waals surface area contributed by atoms with Crippen LogP contribution in [0, 0.1) is 29.3 Å². The number of carbonyl (C=O) groups is 1. The Morgan fingerprint density at radius 3 is 2.53 bits per heavy atom. The summed E-state index contributed by atoms with van der Waals surface area (Å²) >= 11 is 6.26. The standard InChI is InChI=1S/C24H21ClF3N3O4S/c1-31-7-6-29-23(31)24(33)11-13-2-4-15(24)21(13)36(34,35)19-8-12(3-5-16(19)25)22(32)30-14-9-17(26)20(28)18(27)10-14/h3,5-10,13,15,21,33H,2,4,11H2,1H3,(H,30,32)/t13?,15?,21-,24-/m1/s1. The molecule has 4 atom stereocenters. The normalized spacial score (nSPS) is 25.3. The van der Waals surface area contributed by atoms with Gasteiger partial charge in [-0.05, 0) is 43.4 Å². The number of halogens is 4. The number of aryl methyl sites for hydroxylation is 1. The minimum Gasteiger partial charge on any atom is -0.382 e. The van der Waals surface area contributed by atoms with E-state index in [1.807, 2.05) is 0 Å². The average molecular weight is 540 g/mol. The second kappa shape index (κ2) is 8.60. The van der Waals surface area contributed by atoms with Crippen LogP contribution in [0.5, 0.6) is 0 Å². The second-order valence-corrected chi connectivity index (χ2v) is 11.8. The van der Waals surface area contributed by atoms with Crippen LogP contribution in [-0.4, -0.2) is 34.2 Å². The summed E-state index contributed by atoms with van der Waals surface area (Å²) in [5.41, 5.74) is -1.89. The Hall–Kier alpha value is -2.89. The number of hydrogen-bond acceptors (Lipinski definition) is 5. The molecule has 3 aromatic rings. The van der Waals surface area contributed by atoms with Crippen LogP contribution in [0.25, 0.3) is 0 Å². The third kappa shape index (κ3) is 3.80. The van der Waals surface area contributed by atoms with E-state index in [0.29, 0.717) is 30.8 Å². The molecule has 0 aliphatic heterocycles. The van der Waals surface area contributed by atoms with Gasteiger partial charge < -0.3 is 15.0 Å². The number of carbonyl (C=O) groups excluding carboxylic acids is 1. The monoisotopic (exact) mass is 539 g/mol. The Balaban J connectivity index is 1.47. The number of sulfone groups is 1. The summed E-state index contributed by atoms with van der Waals surface area (Å²) in [6.07, 6.45) is 4.55. The summed E-state index contributed by atoms with van der Waals surface area (Å²) in [6.45, 7) is 0. The van der Waals surface area contributed by atoms with Gasteiger partial charge in [-0.15, -0.1) is 0 Å². The lowest BCUT2D eigenvalue weighted by atomic mass is 9.83. The van der Waals surface area contributed by atoms with E-state index < -0.39 is 50.0 Å². The van der Waals surface area contributed by atoms with Crippen molar-refractivity contribution in [3.05, 3.63) is 76.6 Å². The number of aliphatic hydroxyl groups is 1. The van der Waals surface area contributed by atoms with Crippen molar-refractivity contribution in [2.45, 2.75) is 35.0 Å². The largest absolute Gasteiger partial charge is 0.382 e. The van der Waals surface area contributed by atoms with Gasteiger partial charge in [-0.3, -0.25) is 4.79 Å². The van der Waals surface area contributed by atoms with Crippen molar-refractivity contribution < 1.29 is 31.5 Å². The van der Waals surface area contributed by atoms with E-state index in [9.17, 15) is 31.5 Å². The molecule has 1 aromatic heterocycles. The van der Waals surface area contributed by atoms with E-state index in [1.165, 1.54) is 12.1 Å². The van der Waals surface area contributed by atoms with Gasteiger partial charge in [0.25, 0.3) is 5.91 Å². The quantitative estimate of drug-likeness (QED) is 0.473. The first-order valence-electron chi connectivity index (χ1n) is 11.1. The summed E-state index contributed by atoms with van der Waals surface area (Å²) in [7, 11) is -2.38. The third-order valence-corrected chi connectivity index (χ3v) is 10.0. The molecule has 7 nitrogen and oxygen atoms in total. The lowest BCUT2D eigenvalue weighted by Crippen LogP contribution is -2.38. The van der Waals surface area contributed by atoms with Crippen molar-refractivity contribution in [3.8, 4) is 0 Å². The van der Waals surface area contributed by atoms with E-state index in [4.69, 9.17) is 11.6 Å². The highest BCUT2D eigenvalue weighted by molar-refractivity contribution is 7.92. The Bertz CT molecular complexity index is 1470. The summed E-state index contributed by atoms with van der Waals surface area (Å²) in [5, 5.41) is 12.7. The van der Waals surface area contributed by atoms with Gasteiger partial charge in [-0.1, -0.05) is 11.6 Å². The molecule has 36 heavy (non-hydrogen) atoms. The highest BCUT2D eigenvalue weighted by Crippen LogP contribution is 2.58. The van der Waals surface area contributed by atoms with Crippen LogP contribution < -0.4 is 5.32 Å². The molecule has 2 unspecified atom stereocenters. The fraction of sp³-hybridized carbons (Fsp3) is 0.333. The molecule has 2 N–H and O–H groups in total. The molecule has 1 amide bonds. The summed E-state index contributed by atoms with van der Waals surface area (Å²) in [4.78, 5) is 16.7. The molecule has 5 rings (SSSR count). The molecule has 2 aliphatic carbocycles. The van der Waals surface area contributed by atoms with Gasteiger partial charge in [0.05, 0.1) is 15.2 Å². The molecule has 1 heterocycles. The van der Waals surface area contributed by atoms with Crippen LogP contribution in [0.2, 0.25) is 5.02 Å². The summed E-state index contributed by atoms with van der Waals surface area (Å²) in [6, 6.07) is 4.83. The maximum absolute atomic E-state index is 13.8. The minimum absolute atomic E-state index is 0.0998. The zero-order valence-corrected chi connectivity index (χ0v) is 20.5. The van der Waals surface area contributed by atoms with Gasteiger partial charge >= 0.3 is 0 Å². The first-order valence-corrected chi connectivity index (χ1v) is 13.1.